The SMILES string of the molecule is N#Cc1cc(Cl)ccc1N1CCCOCC1. The van der Waals surface area contributed by atoms with Gasteiger partial charge in [0.05, 0.1) is 17.9 Å². The van der Waals surface area contributed by atoms with Gasteiger partial charge in [-0.1, -0.05) is 11.6 Å². The maximum atomic E-state index is 9.08. The molecule has 16 heavy (non-hydrogen) atoms. The highest BCUT2D eigenvalue weighted by molar-refractivity contribution is 6.30. The van der Waals surface area contributed by atoms with E-state index >= 15 is 0 Å². The zero-order valence-electron chi connectivity index (χ0n) is 8.95. The molecule has 1 fully saturated rings. The van der Waals surface area contributed by atoms with Crippen LogP contribution in [0.3, 0.4) is 0 Å². The molecule has 0 radical (unpaired) electrons. The number of halogens is 1. The third kappa shape index (κ3) is 2.46. The van der Waals surface area contributed by atoms with Crippen LogP contribution in [0.4, 0.5) is 5.69 Å². The van der Waals surface area contributed by atoms with Crippen molar-refractivity contribution in [2.24, 2.45) is 0 Å². The number of hydrogen-bond acceptors (Lipinski definition) is 3. The van der Waals surface area contributed by atoms with Gasteiger partial charge in [-0.3, -0.25) is 0 Å². The van der Waals surface area contributed by atoms with Crippen molar-refractivity contribution in [2.45, 2.75) is 6.42 Å². The van der Waals surface area contributed by atoms with Crippen molar-refractivity contribution in [1.82, 2.24) is 0 Å². The zero-order chi connectivity index (χ0) is 11.4. The van der Waals surface area contributed by atoms with Gasteiger partial charge >= 0.3 is 0 Å². The van der Waals surface area contributed by atoms with E-state index in [-0.39, 0.29) is 0 Å². The van der Waals surface area contributed by atoms with Crippen LogP contribution in [0.2, 0.25) is 5.02 Å². The minimum atomic E-state index is 0.603. The fourth-order valence-electron chi connectivity index (χ4n) is 1.86. The normalized spacial score (nSPS) is 16.6. The summed E-state index contributed by atoms with van der Waals surface area (Å²) in [6.45, 7) is 3.27. The Morgan fingerprint density at radius 3 is 3.00 bits per heavy atom. The molecule has 4 heteroatoms. The first-order valence-electron chi connectivity index (χ1n) is 5.33. The Hall–Kier alpha value is -1.24. The minimum absolute atomic E-state index is 0.603. The summed E-state index contributed by atoms with van der Waals surface area (Å²) in [7, 11) is 0. The summed E-state index contributed by atoms with van der Waals surface area (Å²) in [4.78, 5) is 2.18. The van der Waals surface area contributed by atoms with Gasteiger partial charge in [0.1, 0.15) is 6.07 Å². The van der Waals surface area contributed by atoms with Crippen LogP contribution in [0.15, 0.2) is 18.2 Å². The van der Waals surface area contributed by atoms with Crippen LogP contribution in [0.1, 0.15) is 12.0 Å². The topological polar surface area (TPSA) is 36.3 Å². The lowest BCUT2D eigenvalue weighted by molar-refractivity contribution is 0.152. The Balaban J connectivity index is 2.28. The molecule has 1 aromatic carbocycles. The van der Waals surface area contributed by atoms with Crippen LogP contribution in [0, 0.1) is 11.3 Å². The molecule has 0 aromatic heterocycles. The van der Waals surface area contributed by atoms with Crippen molar-refractivity contribution < 1.29 is 4.74 Å². The molecule has 0 aliphatic carbocycles. The third-order valence-electron chi connectivity index (χ3n) is 2.64. The fraction of sp³-hybridized carbons (Fsp3) is 0.417. The van der Waals surface area contributed by atoms with E-state index in [0.717, 1.165) is 31.8 Å². The Labute approximate surface area is 100 Å². The molecule has 0 unspecified atom stereocenters. The molecule has 84 valence electrons. The zero-order valence-corrected chi connectivity index (χ0v) is 9.70. The van der Waals surface area contributed by atoms with Gasteiger partial charge in [-0.25, -0.2) is 0 Å². The summed E-state index contributed by atoms with van der Waals surface area (Å²) in [5, 5.41) is 9.68. The van der Waals surface area contributed by atoms with Gasteiger partial charge < -0.3 is 9.64 Å². The number of benzene rings is 1. The maximum Gasteiger partial charge on any atom is 0.101 e. The van der Waals surface area contributed by atoms with Crippen LogP contribution in [-0.4, -0.2) is 26.3 Å². The molecule has 1 aromatic rings. The molecule has 0 saturated carbocycles. The number of anilines is 1. The second-order valence-corrected chi connectivity index (χ2v) is 4.16. The summed E-state index contributed by atoms with van der Waals surface area (Å²) in [5.74, 6) is 0. The largest absolute Gasteiger partial charge is 0.380 e. The summed E-state index contributed by atoms with van der Waals surface area (Å²) in [5.41, 5.74) is 1.59. The van der Waals surface area contributed by atoms with E-state index in [0.29, 0.717) is 17.2 Å². The number of rotatable bonds is 1. The molecule has 1 aliphatic heterocycles. The van der Waals surface area contributed by atoms with Crippen LogP contribution in [0.25, 0.3) is 0 Å². The molecule has 0 amide bonds. The minimum Gasteiger partial charge on any atom is -0.380 e. The van der Waals surface area contributed by atoms with Crippen molar-refractivity contribution in [3.63, 3.8) is 0 Å². The highest BCUT2D eigenvalue weighted by Gasteiger charge is 2.13. The first-order chi connectivity index (χ1) is 7.81. The predicted molar refractivity (Wildman–Crippen MR) is 63.8 cm³/mol. The van der Waals surface area contributed by atoms with Gasteiger partial charge in [0.25, 0.3) is 0 Å². The summed E-state index contributed by atoms with van der Waals surface area (Å²) >= 11 is 5.87. The van der Waals surface area contributed by atoms with Gasteiger partial charge in [-0.2, -0.15) is 5.26 Å². The smallest absolute Gasteiger partial charge is 0.101 e. The second kappa shape index (κ2) is 5.20. The lowest BCUT2D eigenvalue weighted by atomic mass is 10.1. The quantitative estimate of drug-likeness (QED) is 0.752. The van der Waals surface area contributed by atoms with E-state index < -0.39 is 0 Å². The molecular weight excluding hydrogens is 224 g/mol. The van der Waals surface area contributed by atoms with E-state index in [2.05, 4.69) is 11.0 Å². The van der Waals surface area contributed by atoms with Crippen molar-refractivity contribution in [2.75, 3.05) is 31.2 Å². The summed E-state index contributed by atoms with van der Waals surface area (Å²) in [6.07, 6.45) is 0.994. The van der Waals surface area contributed by atoms with Gasteiger partial charge in [-0.05, 0) is 24.6 Å². The standard InChI is InChI=1S/C12H13ClN2O/c13-11-2-3-12(10(8-11)9-14)15-4-1-6-16-7-5-15/h2-3,8H,1,4-7H2. The highest BCUT2D eigenvalue weighted by atomic mass is 35.5. The number of hydrogen-bond donors (Lipinski definition) is 0. The van der Waals surface area contributed by atoms with Crippen molar-refractivity contribution in [1.29, 1.82) is 5.26 Å². The van der Waals surface area contributed by atoms with Gasteiger partial charge in [0, 0.05) is 24.7 Å². The van der Waals surface area contributed by atoms with Crippen molar-refractivity contribution >= 4 is 17.3 Å². The molecule has 0 N–H and O–H groups in total. The predicted octanol–water partition coefficient (Wildman–Crippen LogP) is 2.44. The molecule has 1 saturated heterocycles. The average Bonchev–Trinajstić information content (AvgIpc) is 2.57. The van der Waals surface area contributed by atoms with E-state index in [1.807, 2.05) is 12.1 Å². The number of nitriles is 1. The average molecular weight is 237 g/mol. The molecule has 1 heterocycles. The first kappa shape index (κ1) is 11.3. The molecule has 0 spiro atoms. The first-order valence-corrected chi connectivity index (χ1v) is 5.71. The van der Waals surface area contributed by atoms with Gasteiger partial charge in [0.15, 0.2) is 0 Å². The van der Waals surface area contributed by atoms with Crippen LogP contribution in [0.5, 0.6) is 0 Å². The van der Waals surface area contributed by atoms with E-state index in [4.69, 9.17) is 21.6 Å². The van der Waals surface area contributed by atoms with Gasteiger partial charge in [0.2, 0.25) is 0 Å². The number of ether oxygens (including phenoxy) is 1. The van der Waals surface area contributed by atoms with Crippen molar-refractivity contribution in [3.05, 3.63) is 28.8 Å². The Kier molecular flexibility index (Phi) is 3.66. The summed E-state index contributed by atoms with van der Waals surface area (Å²) in [6, 6.07) is 7.63. The van der Waals surface area contributed by atoms with Crippen molar-refractivity contribution in [3.8, 4) is 6.07 Å². The van der Waals surface area contributed by atoms with Crippen LogP contribution in [-0.2, 0) is 4.74 Å². The Morgan fingerprint density at radius 2 is 2.19 bits per heavy atom. The van der Waals surface area contributed by atoms with Crippen LogP contribution >= 0.6 is 11.6 Å². The molecular formula is C12H13ClN2O. The molecule has 0 bridgehead atoms. The molecule has 3 nitrogen and oxygen atoms in total. The maximum absolute atomic E-state index is 9.08. The molecule has 2 rings (SSSR count). The lowest BCUT2D eigenvalue weighted by Crippen LogP contribution is -2.26. The third-order valence-corrected chi connectivity index (χ3v) is 2.88. The lowest BCUT2D eigenvalue weighted by Gasteiger charge is -2.23. The van der Waals surface area contributed by atoms with Gasteiger partial charge in [-0.15, -0.1) is 0 Å². The molecule has 1 aliphatic rings. The second-order valence-electron chi connectivity index (χ2n) is 3.73. The Morgan fingerprint density at radius 1 is 1.31 bits per heavy atom. The van der Waals surface area contributed by atoms with E-state index in [1.54, 1.807) is 6.07 Å². The fourth-order valence-corrected chi connectivity index (χ4v) is 2.03. The monoisotopic (exact) mass is 236 g/mol. The highest BCUT2D eigenvalue weighted by Crippen LogP contribution is 2.24. The van der Waals surface area contributed by atoms with Crippen LogP contribution < -0.4 is 4.90 Å². The number of nitrogens with zero attached hydrogens (tertiary/aromatic N) is 2. The molecule has 0 atom stereocenters. The Bertz CT molecular complexity index is 406. The van der Waals surface area contributed by atoms with E-state index in [9.17, 15) is 0 Å². The van der Waals surface area contributed by atoms with E-state index in [1.165, 1.54) is 0 Å². The summed E-state index contributed by atoms with van der Waals surface area (Å²) < 4.78 is 5.39.